The van der Waals surface area contributed by atoms with Crippen LogP contribution in [0, 0.1) is 5.41 Å². The van der Waals surface area contributed by atoms with Gasteiger partial charge in [-0.3, -0.25) is 9.59 Å². The highest BCUT2D eigenvalue weighted by molar-refractivity contribution is 9.10. The molecule has 1 aliphatic heterocycles. The largest absolute Gasteiger partial charge is 0.478 e. The lowest BCUT2D eigenvalue weighted by atomic mass is 9.94. The first kappa shape index (κ1) is 25.4. The summed E-state index contributed by atoms with van der Waals surface area (Å²) in [5.41, 5.74) is 0.0364. The van der Waals surface area contributed by atoms with Crippen LogP contribution in [0.5, 0.6) is 5.75 Å². The number of anilines is 2. The Kier molecular flexibility index (Phi) is 7.64. The molecule has 0 spiro atoms. The van der Waals surface area contributed by atoms with E-state index in [9.17, 15) is 9.59 Å². The van der Waals surface area contributed by atoms with Gasteiger partial charge in [0.25, 0.3) is 5.91 Å². The van der Waals surface area contributed by atoms with Crippen LogP contribution in [0.15, 0.2) is 46.9 Å². The van der Waals surface area contributed by atoms with Gasteiger partial charge in [-0.15, -0.1) is 0 Å². The second-order valence-corrected chi connectivity index (χ2v) is 11.0. The maximum absolute atomic E-state index is 12.8. The van der Waals surface area contributed by atoms with E-state index in [1.165, 1.54) is 0 Å². The highest BCUT2D eigenvalue weighted by Gasteiger charge is 2.31. The summed E-state index contributed by atoms with van der Waals surface area (Å²) in [6.45, 7) is 12.0. The molecular weight excluding hydrogens is 506 g/mol. The smallest absolute Gasteiger partial charge is 0.267 e. The van der Waals surface area contributed by atoms with E-state index in [1.54, 1.807) is 32.0 Å². The number of ether oxygens (including phenoxy) is 1. The number of halogens is 2. The number of carbonyl (C=O) groups is 2. The molecule has 2 aromatic rings. The molecule has 33 heavy (non-hydrogen) atoms. The summed E-state index contributed by atoms with van der Waals surface area (Å²) >= 11 is 9.96. The molecule has 0 saturated carbocycles. The van der Waals surface area contributed by atoms with Crippen molar-refractivity contribution >= 4 is 50.7 Å². The Morgan fingerprint density at radius 1 is 0.970 bits per heavy atom. The van der Waals surface area contributed by atoms with Crippen molar-refractivity contribution in [2.75, 3.05) is 36.4 Å². The van der Waals surface area contributed by atoms with Crippen molar-refractivity contribution in [1.82, 2.24) is 4.90 Å². The quantitative estimate of drug-likeness (QED) is 0.541. The molecule has 1 heterocycles. The monoisotopic (exact) mass is 535 g/mol. The molecule has 1 saturated heterocycles. The minimum Gasteiger partial charge on any atom is -0.478 e. The van der Waals surface area contributed by atoms with Crippen molar-refractivity contribution in [3.05, 3.63) is 52.0 Å². The summed E-state index contributed by atoms with van der Waals surface area (Å²) in [5.74, 6) is 0.499. The molecule has 1 fully saturated rings. The first-order chi connectivity index (χ1) is 15.4. The lowest BCUT2D eigenvalue weighted by molar-refractivity contribution is -0.139. The van der Waals surface area contributed by atoms with Gasteiger partial charge in [0, 0.05) is 41.8 Å². The van der Waals surface area contributed by atoms with Gasteiger partial charge in [0.15, 0.2) is 5.60 Å². The Balaban J connectivity index is 1.62. The lowest BCUT2D eigenvalue weighted by Gasteiger charge is -2.39. The Morgan fingerprint density at radius 3 is 2.12 bits per heavy atom. The number of rotatable bonds is 5. The van der Waals surface area contributed by atoms with Crippen LogP contribution in [0.4, 0.5) is 11.4 Å². The predicted molar refractivity (Wildman–Crippen MR) is 137 cm³/mol. The Hall–Kier alpha value is -2.25. The van der Waals surface area contributed by atoms with Gasteiger partial charge in [-0.25, -0.2) is 0 Å². The first-order valence-electron chi connectivity index (χ1n) is 11.0. The van der Waals surface area contributed by atoms with Crippen LogP contribution in [0.2, 0.25) is 5.02 Å². The van der Waals surface area contributed by atoms with Crippen molar-refractivity contribution in [3.8, 4) is 5.75 Å². The normalized spacial score (nSPS) is 14.8. The second kappa shape index (κ2) is 9.94. The number of nitrogens with one attached hydrogen (secondary N) is 1. The maximum Gasteiger partial charge on any atom is 0.267 e. The fourth-order valence-corrected chi connectivity index (χ4v) is 4.16. The third kappa shape index (κ3) is 6.42. The van der Waals surface area contributed by atoms with E-state index in [2.05, 4.69) is 26.1 Å². The molecule has 2 amide bonds. The van der Waals surface area contributed by atoms with Gasteiger partial charge in [0.2, 0.25) is 5.91 Å². The highest BCUT2D eigenvalue weighted by atomic mass is 79.9. The average molecular weight is 537 g/mol. The number of hydrogen-bond acceptors (Lipinski definition) is 4. The zero-order valence-electron chi connectivity index (χ0n) is 19.7. The lowest BCUT2D eigenvalue weighted by Crippen LogP contribution is -2.51. The third-order valence-electron chi connectivity index (χ3n) is 5.49. The zero-order valence-corrected chi connectivity index (χ0v) is 22.1. The maximum atomic E-state index is 12.8. The number of amides is 2. The number of benzene rings is 2. The molecule has 178 valence electrons. The standard InChI is InChI=1S/C25H31BrClN3O3/c1-24(2,3)23(32)30-14-12-29(13-15-30)21-11-8-18(16-20(21)27)28-22(31)25(4,5)33-19-9-6-17(26)7-10-19/h6-11,16H,12-15H2,1-5H3,(H,28,31). The molecule has 0 unspecified atom stereocenters. The Morgan fingerprint density at radius 2 is 1.58 bits per heavy atom. The highest BCUT2D eigenvalue weighted by Crippen LogP contribution is 2.31. The van der Waals surface area contributed by atoms with E-state index >= 15 is 0 Å². The van der Waals surface area contributed by atoms with Crippen molar-refractivity contribution in [3.63, 3.8) is 0 Å². The van der Waals surface area contributed by atoms with Gasteiger partial charge in [0.05, 0.1) is 10.7 Å². The first-order valence-corrected chi connectivity index (χ1v) is 12.1. The van der Waals surface area contributed by atoms with Gasteiger partial charge in [-0.2, -0.15) is 0 Å². The molecule has 6 nitrogen and oxygen atoms in total. The van der Waals surface area contributed by atoms with E-state index in [0.29, 0.717) is 42.6 Å². The molecule has 8 heteroatoms. The zero-order chi connectivity index (χ0) is 24.4. The van der Waals surface area contributed by atoms with E-state index < -0.39 is 5.60 Å². The molecular formula is C25H31BrClN3O3. The Bertz CT molecular complexity index is 1010. The van der Waals surface area contributed by atoms with E-state index in [0.717, 1.165) is 10.2 Å². The minimum atomic E-state index is -1.07. The average Bonchev–Trinajstić information content (AvgIpc) is 2.74. The van der Waals surface area contributed by atoms with Crippen LogP contribution in [-0.2, 0) is 9.59 Å². The van der Waals surface area contributed by atoms with Crippen molar-refractivity contribution in [2.24, 2.45) is 5.41 Å². The molecule has 1 N–H and O–H groups in total. The van der Waals surface area contributed by atoms with E-state index in [4.69, 9.17) is 16.3 Å². The van der Waals surface area contributed by atoms with E-state index in [1.807, 2.05) is 49.9 Å². The fraction of sp³-hybridized carbons (Fsp3) is 0.440. The molecule has 0 bridgehead atoms. The second-order valence-electron chi connectivity index (χ2n) is 9.72. The van der Waals surface area contributed by atoms with Crippen LogP contribution in [0.1, 0.15) is 34.6 Å². The van der Waals surface area contributed by atoms with Crippen molar-refractivity contribution < 1.29 is 14.3 Å². The molecule has 0 aliphatic carbocycles. The molecule has 2 aromatic carbocycles. The summed E-state index contributed by atoms with van der Waals surface area (Å²) in [5, 5.41) is 3.45. The van der Waals surface area contributed by atoms with Gasteiger partial charge < -0.3 is 19.9 Å². The molecule has 0 aromatic heterocycles. The van der Waals surface area contributed by atoms with Gasteiger partial charge in [0.1, 0.15) is 5.75 Å². The van der Waals surface area contributed by atoms with Crippen LogP contribution in [0.3, 0.4) is 0 Å². The van der Waals surface area contributed by atoms with E-state index in [-0.39, 0.29) is 17.2 Å². The topological polar surface area (TPSA) is 61.9 Å². The van der Waals surface area contributed by atoms with Crippen molar-refractivity contribution in [2.45, 2.75) is 40.2 Å². The number of nitrogens with zero attached hydrogens (tertiary/aromatic N) is 2. The van der Waals surface area contributed by atoms with Gasteiger partial charge in [-0.1, -0.05) is 48.3 Å². The summed E-state index contributed by atoms with van der Waals surface area (Å²) in [6.07, 6.45) is 0. The summed E-state index contributed by atoms with van der Waals surface area (Å²) in [4.78, 5) is 29.4. The van der Waals surface area contributed by atoms with Crippen LogP contribution in [-0.4, -0.2) is 48.5 Å². The van der Waals surface area contributed by atoms with Crippen LogP contribution < -0.4 is 15.0 Å². The molecule has 0 radical (unpaired) electrons. The molecule has 1 aliphatic rings. The minimum absolute atomic E-state index is 0.166. The Labute approximate surface area is 209 Å². The van der Waals surface area contributed by atoms with Crippen molar-refractivity contribution in [1.29, 1.82) is 0 Å². The molecule has 3 rings (SSSR count). The predicted octanol–water partition coefficient (Wildman–Crippen LogP) is 5.59. The number of hydrogen-bond donors (Lipinski definition) is 1. The van der Waals surface area contributed by atoms with Crippen LogP contribution in [0.25, 0.3) is 0 Å². The summed E-state index contributed by atoms with van der Waals surface area (Å²) in [7, 11) is 0. The van der Waals surface area contributed by atoms with Crippen LogP contribution >= 0.6 is 27.5 Å². The molecule has 0 atom stereocenters. The van der Waals surface area contributed by atoms with Gasteiger partial charge in [-0.05, 0) is 56.3 Å². The summed E-state index contributed by atoms with van der Waals surface area (Å²) in [6, 6.07) is 12.8. The summed E-state index contributed by atoms with van der Waals surface area (Å²) < 4.78 is 6.83. The third-order valence-corrected chi connectivity index (χ3v) is 6.32. The number of carbonyl (C=O) groups excluding carboxylic acids is 2. The number of piperazine rings is 1. The van der Waals surface area contributed by atoms with Gasteiger partial charge >= 0.3 is 0 Å². The fourth-order valence-electron chi connectivity index (χ4n) is 3.59. The SMILES string of the molecule is CC(C)(C)C(=O)N1CCN(c2ccc(NC(=O)C(C)(C)Oc3ccc(Br)cc3)cc2Cl)CC1.